The third kappa shape index (κ3) is 3.46. The van der Waals surface area contributed by atoms with Crippen LogP contribution in [0.5, 0.6) is 0 Å². The number of nitrogens with one attached hydrogen (secondary N) is 1. The van der Waals surface area contributed by atoms with E-state index in [1.54, 1.807) is 6.07 Å². The summed E-state index contributed by atoms with van der Waals surface area (Å²) >= 11 is 0. The van der Waals surface area contributed by atoms with Crippen molar-refractivity contribution in [2.24, 2.45) is 0 Å². The summed E-state index contributed by atoms with van der Waals surface area (Å²) in [5.41, 5.74) is -0.460. The second kappa shape index (κ2) is 6.98. The van der Waals surface area contributed by atoms with Crippen LogP contribution >= 0.6 is 0 Å². The highest BCUT2D eigenvalue weighted by Crippen LogP contribution is 2.36. The number of nitrogens with zero attached hydrogens (tertiary/aromatic N) is 1. The lowest BCUT2D eigenvalue weighted by Crippen LogP contribution is -2.43. The van der Waals surface area contributed by atoms with Crippen LogP contribution in [0, 0.1) is 0 Å². The van der Waals surface area contributed by atoms with Crippen molar-refractivity contribution in [2.45, 2.75) is 36.6 Å². The predicted octanol–water partition coefficient (Wildman–Crippen LogP) is 0.617. The van der Waals surface area contributed by atoms with Crippen molar-refractivity contribution in [3.8, 4) is 0 Å². The Hall–Kier alpha value is -1.97. The second-order valence-corrected chi connectivity index (χ2v) is 8.44. The third-order valence-corrected chi connectivity index (χ3v) is 6.79. The number of carbonyl (C=O) groups excluding carboxylic acids is 1. The summed E-state index contributed by atoms with van der Waals surface area (Å²) in [5.74, 6) is -1.65. The number of hydrogen-bond acceptors (Lipinski definition) is 5. The molecule has 8 nitrogen and oxygen atoms in total. The van der Waals surface area contributed by atoms with Crippen molar-refractivity contribution in [2.75, 3.05) is 26.3 Å². The maximum Gasteiger partial charge on any atom is 0.329 e. The molecule has 2 N–H and O–H groups in total. The van der Waals surface area contributed by atoms with Gasteiger partial charge in [0.05, 0.1) is 18.1 Å². The van der Waals surface area contributed by atoms with Gasteiger partial charge in [0, 0.05) is 18.7 Å². The van der Waals surface area contributed by atoms with Crippen LogP contribution in [-0.2, 0) is 26.0 Å². The number of sulfonamides is 1. The Labute approximate surface area is 152 Å². The zero-order chi connectivity index (χ0) is 18.9. The first-order valence-corrected chi connectivity index (χ1v) is 10.0. The fraction of sp³-hybridized carbons (Fsp3) is 0.529. The number of aliphatic carboxylic acids is 1. The predicted molar refractivity (Wildman–Crippen MR) is 92.5 cm³/mol. The van der Waals surface area contributed by atoms with Crippen molar-refractivity contribution < 1.29 is 27.9 Å². The van der Waals surface area contributed by atoms with Crippen LogP contribution in [0.2, 0.25) is 0 Å². The zero-order valence-electron chi connectivity index (χ0n) is 14.5. The van der Waals surface area contributed by atoms with Crippen LogP contribution in [-0.4, -0.2) is 61.5 Å². The van der Waals surface area contributed by atoms with E-state index >= 15 is 0 Å². The Morgan fingerprint density at radius 1 is 1.27 bits per heavy atom. The maximum absolute atomic E-state index is 13.0. The number of carboxylic acid groups (broad SMARTS) is 1. The molecule has 1 heterocycles. The number of rotatable bonds is 6. The van der Waals surface area contributed by atoms with Gasteiger partial charge in [-0.15, -0.1) is 0 Å². The van der Waals surface area contributed by atoms with Crippen LogP contribution < -0.4 is 5.32 Å². The minimum absolute atomic E-state index is 0.0923. The molecule has 2 aliphatic rings. The fourth-order valence-electron chi connectivity index (χ4n) is 2.96. The molecular weight excluding hydrogens is 360 g/mol. The van der Waals surface area contributed by atoms with Gasteiger partial charge in [0.2, 0.25) is 10.0 Å². The highest BCUT2D eigenvalue weighted by atomic mass is 32.2. The monoisotopic (exact) mass is 382 g/mol. The SMILES string of the molecule is CCc1ccc(C(=O)NC2(C(=O)O)CC2)cc1S(=O)(=O)N1CCOCC1. The van der Waals surface area contributed by atoms with Gasteiger partial charge in [0.25, 0.3) is 5.91 Å². The molecule has 1 saturated heterocycles. The molecular formula is C17H22N2O6S. The average molecular weight is 382 g/mol. The number of carboxylic acids is 1. The highest BCUT2D eigenvalue weighted by molar-refractivity contribution is 7.89. The van der Waals surface area contributed by atoms with Gasteiger partial charge in [-0.1, -0.05) is 13.0 Å². The van der Waals surface area contributed by atoms with Gasteiger partial charge in [-0.3, -0.25) is 4.79 Å². The third-order valence-electron chi connectivity index (χ3n) is 4.81. The van der Waals surface area contributed by atoms with Gasteiger partial charge < -0.3 is 15.2 Å². The van der Waals surface area contributed by atoms with E-state index in [2.05, 4.69) is 5.32 Å². The quantitative estimate of drug-likeness (QED) is 0.746. The Balaban J connectivity index is 1.91. The number of ether oxygens (including phenoxy) is 1. The van der Waals surface area contributed by atoms with Gasteiger partial charge in [0.15, 0.2) is 0 Å². The number of amides is 1. The molecule has 0 atom stereocenters. The fourth-order valence-corrected chi connectivity index (χ4v) is 4.69. The minimum Gasteiger partial charge on any atom is -0.480 e. The normalized spacial score (nSPS) is 19.7. The molecule has 1 amide bonds. The van der Waals surface area contributed by atoms with Gasteiger partial charge >= 0.3 is 5.97 Å². The maximum atomic E-state index is 13.0. The first-order chi connectivity index (χ1) is 12.3. The van der Waals surface area contributed by atoms with Crippen LogP contribution in [0.1, 0.15) is 35.7 Å². The van der Waals surface area contributed by atoms with Crippen molar-refractivity contribution in [1.82, 2.24) is 9.62 Å². The Kier molecular flexibility index (Phi) is 5.05. The van der Waals surface area contributed by atoms with Crippen LogP contribution in [0.15, 0.2) is 23.1 Å². The first-order valence-electron chi connectivity index (χ1n) is 8.57. The summed E-state index contributed by atoms with van der Waals surface area (Å²) in [7, 11) is -3.75. The highest BCUT2D eigenvalue weighted by Gasteiger charge is 2.51. The van der Waals surface area contributed by atoms with Gasteiger partial charge in [-0.25, -0.2) is 13.2 Å². The number of carbonyl (C=O) groups is 2. The summed E-state index contributed by atoms with van der Waals surface area (Å²) in [5, 5.41) is 11.7. The zero-order valence-corrected chi connectivity index (χ0v) is 15.3. The smallest absolute Gasteiger partial charge is 0.329 e. The molecule has 26 heavy (non-hydrogen) atoms. The molecule has 0 bridgehead atoms. The van der Waals surface area contributed by atoms with Crippen LogP contribution in [0.3, 0.4) is 0 Å². The number of benzene rings is 1. The summed E-state index contributed by atoms with van der Waals surface area (Å²) in [6, 6.07) is 4.49. The number of morpholine rings is 1. The van der Waals surface area contributed by atoms with Crippen molar-refractivity contribution in [3.63, 3.8) is 0 Å². The van der Waals surface area contributed by atoms with Crippen LogP contribution in [0.4, 0.5) is 0 Å². The van der Waals surface area contributed by atoms with E-state index < -0.39 is 27.4 Å². The summed E-state index contributed by atoms with van der Waals surface area (Å²) in [4.78, 5) is 23.8. The van der Waals surface area contributed by atoms with Crippen molar-refractivity contribution in [3.05, 3.63) is 29.3 Å². The summed E-state index contributed by atoms with van der Waals surface area (Å²) in [6.07, 6.45) is 1.25. The summed E-state index contributed by atoms with van der Waals surface area (Å²) < 4.78 is 32.5. The molecule has 142 valence electrons. The molecule has 1 aliphatic heterocycles. The molecule has 1 aliphatic carbocycles. The molecule has 0 spiro atoms. The Morgan fingerprint density at radius 3 is 2.46 bits per heavy atom. The van der Waals surface area contributed by atoms with Crippen LogP contribution in [0.25, 0.3) is 0 Å². The number of hydrogen-bond donors (Lipinski definition) is 2. The van der Waals surface area contributed by atoms with E-state index in [0.717, 1.165) is 0 Å². The minimum atomic E-state index is -3.75. The molecule has 9 heteroatoms. The van der Waals surface area contributed by atoms with E-state index in [1.807, 2.05) is 6.92 Å². The largest absolute Gasteiger partial charge is 0.480 e. The molecule has 1 aromatic carbocycles. The van der Waals surface area contributed by atoms with E-state index in [4.69, 9.17) is 4.74 Å². The second-order valence-electron chi connectivity index (χ2n) is 6.53. The topological polar surface area (TPSA) is 113 Å². The van der Waals surface area contributed by atoms with Crippen molar-refractivity contribution in [1.29, 1.82) is 0 Å². The lowest BCUT2D eigenvalue weighted by Gasteiger charge is -2.27. The van der Waals surface area contributed by atoms with E-state index in [1.165, 1.54) is 16.4 Å². The van der Waals surface area contributed by atoms with E-state index in [0.29, 0.717) is 38.0 Å². The van der Waals surface area contributed by atoms with Gasteiger partial charge in [-0.2, -0.15) is 4.31 Å². The molecule has 0 unspecified atom stereocenters. The van der Waals surface area contributed by atoms with Gasteiger partial charge in [0.1, 0.15) is 5.54 Å². The standard InChI is InChI=1S/C17H22N2O6S/c1-2-12-3-4-13(15(20)18-17(5-6-17)16(21)22)11-14(12)26(23,24)19-7-9-25-10-8-19/h3-4,11H,2,5-10H2,1H3,(H,18,20)(H,21,22). The van der Waals surface area contributed by atoms with E-state index in [9.17, 15) is 23.1 Å². The van der Waals surface area contributed by atoms with Gasteiger partial charge in [-0.05, 0) is 37.0 Å². The molecule has 0 aromatic heterocycles. The molecule has 2 fully saturated rings. The molecule has 0 radical (unpaired) electrons. The van der Waals surface area contributed by atoms with E-state index in [-0.39, 0.29) is 23.5 Å². The Morgan fingerprint density at radius 2 is 1.92 bits per heavy atom. The molecule has 3 rings (SSSR count). The molecule has 1 saturated carbocycles. The molecule has 1 aromatic rings. The lowest BCUT2D eigenvalue weighted by molar-refractivity contribution is -0.140. The Bertz CT molecular complexity index is 826. The first kappa shape index (κ1) is 18.8. The summed E-state index contributed by atoms with van der Waals surface area (Å²) in [6.45, 7) is 3.05. The average Bonchev–Trinajstić information content (AvgIpc) is 3.42. The number of aryl methyl sites for hydroxylation is 1. The lowest BCUT2D eigenvalue weighted by atomic mass is 10.1. The van der Waals surface area contributed by atoms with Crippen molar-refractivity contribution >= 4 is 21.9 Å².